The molecule has 3 rings (SSSR count). The molecule has 0 heterocycles. The lowest BCUT2D eigenvalue weighted by molar-refractivity contribution is 0.198. The first-order chi connectivity index (χ1) is 14.6. The minimum atomic E-state index is -0.384. The van der Waals surface area contributed by atoms with E-state index in [4.69, 9.17) is 14.2 Å². The van der Waals surface area contributed by atoms with E-state index in [0.717, 1.165) is 35.5 Å². The smallest absolute Gasteiger partial charge is 0.191 e. The van der Waals surface area contributed by atoms with Crippen LogP contribution in [0.3, 0.4) is 0 Å². The molecule has 1 aliphatic carbocycles. The van der Waals surface area contributed by atoms with E-state index in [1.165, 1.54) is 26.0 Å². The van der Waals surface area contributed by atoms with Crippen molar-refractivity contribution in [2.24, 2.45) is 4.99 Å². The van der Waals surface area contributed by atoms with Crippen LogP contribution < -0.4 is 24.8 Å². The fourth-order valence-electron chi connectivity index (χ4n) is 3.57. The summed E-state index contributed by atoms with van der Waals surface area (Å²) in [4.78, 5) is 4.25. The molecule has 2 aromatic carbocycles. The summed E-state index contributed by atoms with van der Waals surface area (Å²) in [6, 6.07) is 10.8. The molecule has 0 bridgehead atoms. The number of hydrogen-bond donors (Lipinski definition) is 2. The normalized spacial score (nSPS) is 14.5. The molecule has 0 amide bonds. The van der Waals surface area contributed by atoms with Crippen LogP contribution in [0.2, 0.25) is 0 Å². The maximum Gasteiger partial charge on any atom is 0.191 e. The van der Waals surface area contributed by atoms with Crippen molar-refractivity contribution in [3.63, 3.8) is 0 Å². The number of halogens is 1. The maximum absolute atomic E-state index is 13.9. The van der Waals surface area contributed by atoms with Gasteiger partial charge in [0.2, 0.25) is 0 Å². The summed E-state index contributed by atoms with van der Waals surface area (Å²) in [7, 11) is 4.80. The summed E-state index contributed by atoms with van der Waals surface area (Å²) < 4.78 is 30.6. The molecular weight excluding hydrogens is 385 g/mol. The van der Waals surface area contributed by atoms with Crippen LogP contribution in [0.25, 0.3) is 0 Å². The molecule has 162 valence electrons. The van der Waals surface area contributed by atoms with E-state index < -0.39 is 0 Å². The van der Waals surface area contributed by atoms with Crippen molar-refractivity contribution in [1.29, 1.82) is 0 Å². The number of benzene rings is 2. The van der Waals surface area contributed by atoms with Crippen LogP contribution in [-0.2, 0) is 13.1 Å². The predicted octanol–water partition coefficient (Wildman–Crippen LogP) is 4.03. The lowest BCUT2D eigenvalue weighted by Gasteiger charge is -2.20. The highest BCUT2D eigenvalue weighted by molar-refractivity contribution is 5.79. The van der Waals surface area contributed by atoms with Gasteiger partial charge in [-0.3, -0.25) is 4.99 Å². The Bertz CT molecular complexity index is 867. The van der Waals surface area contributed by atoms with Crippen molar-refractivity contribution in [3.05, 3.63) is 53.3 Å². The van der Waals surface area contributed by atoms with Gasteiger partial charge in [0.05, 0.1) is 20.3 Å². The highest BCUT2D eigenvalue weighted by Gasteiger charge is 2.20. The van der Waals surface area contributed by atoms with E-state index in [-0.39, 0.29) is 17.7 Å². The van der Waals surface area contributed by atoms with E-state index in [0.29, 0.717) is 19.0 Å². The molecule has 0 saturated heterocycles. The molecule has 7 heteroatoms. The van der Waals surface area contributed by atoms with E-state index in [1.807, 2.05) is 24.3 Å². The van der Waals surface area contributed by atoms with Gasteiger partial charge in [-0.25, -0.2) is 4.39 Å². The van der Waals surface area contributed by atoms with E-state index in [9.17, 15) is 4.39 Å². The largest absolute Gasteiger partial charge is 0.494 e. The molecule has 0 spiro atoms. The second-order valence-electron chi connectivity index (χ2n) is 7.22. The quantitative estimate of drug-likeness (QED) is 0.503. The number of nitrogens with zero attached hydrogens (tertiary/aromatic N) is 1. The third kappa shape index (κ3) is 5.55. The molecule has 0 atom stereocenters. The fourth-order valence-corrected chi connectivity index (χ4v) is 3.57. The van der Waals surface area contributed by atoms with Crippen molar-refractivity contribution >= 4 is 5.96 Å². The molecule has 0 unspecified atom stereocenters. The Morgan fingerprint density at radius 1 is 1.03 bits per heavy atom. The minimum Gasteiger partial charge on any atom is -0.494 e. The Labute approximate surface area is 177 Å². The third-order valence-corrected chi connectivity index (χ3v) is 5.21. The van der Waals surface area contributed by atoms with Gasteiger partial charge >= 0.3 is 0 Å². The minimum absolute atomic E-state index is 0.231. The summed E-state index contributed by atoms with van der Waals surface area (Å²) in [5, 5.41) is 6.50. The number of rotatable bonds is 8. The highest BCUT2D eigenvalue weighted by Crippen LogP contribution is 2.34. The summed E-state index contributed by atoms with van der Waals surface area (Å²) >= 11 is 0. The van der Waals surface area contributed by atoms with E-state index in [2.05, 4.69) is 15.6 Å². The Morgan fingerprint density at radius 2 is 1.77 bits per heavy atom. The lowest BCUT2D eigenvalue weighted by atomic mass is 10.1. The second kappa shape index (κ2) is 10.7. The van der Waals surface area contributed by atoms with Gasteiger partial charge in [0.1, 0.15) is 0 Å². The van der Waals surface area contributed by atoms with Gasteiger partial charge in [0, 0.05) is 25.7 Å². The van der Waals surface area contributed by atoms with Crippen molar-refractivity contribution < 1.29 is 18.6 Å². The average Bonchev–Trinajstić information content (AvgIpc) is 3.28. The Kier molecular flexibility index (Phi) is 7.76. The van der Waals surface area contributed by atoms with Gasteiger partial charge in [-0.1, -0.05) is 18.2 Å². The monoisotopic (exact) mass is 415 g/mol. The molecule has 0 aromatic heterocycles. The molecule has 0 radical (unpaired) electrons. The first-order valence-electron chi connectivity index (χ1n) is 10.2. The summed E-state index contributed by atoms with van der Waals surface area (Å²) in [5.41, 5.74) is 1.79. The second-order valence-corrected chi connectivity index (χ2v) is 7.22. The van der Waals surface area contributed by atoms with Crippen molar-refractivity contribution in [2.75, 3.05) is 21.3 Å². The number of ether oxygens (including phenoxy) is 3. The first-order valence-corrected chi connectivity index (χ1v) is 10.2. The lowest BCUT2D eigenvalue weighted by Crippen LogP contribution is -2.36. The molecule has 0 aliphatic heterocycles. The number of guanidine groups is 1. The maximum atomic E-state index is 13.9. The molecule has 1 saturated carbocycles. The summed E-state index contributed by atoms with van der Waals surface area (Å²) in [6.07, 6.45) is 4.80. The highest BCUT2D eigenvalue weighted by atomic mass is 19.1. The molecule has 1 fully saturated rings. The van der Waals surface area contributed by atoms with Crippen LogP contribution >= 0.6 is 0 Å². The van der Waals surface area contributed by atoms with Gasteiger partial charge in [0.25, 0.3) is 0 Å². The number of hydrogen-bond acceptors (Lipinski definition) is 4. The fraction of sp³-hybridized carbons (Fsp3) is 0.435. The predicted molar refractivity (Wildman–Crippen MR) is 116 cm³/mol. The Morgan fingerprint density at radius 3 is 2.43 bits per heavy atom. The van der Waals surface area contributed by atoms with Gasteiger partial charge in [-0.2, -0.15) is 0 Å². The molecule has 6 nitrogen and oxygen atoms in total. The molecule has 30 heavy (non-hydrogen) atoms. The first kappa shape index (κ1) is 21.7. The zero-order valence-corrected chi connectivity index (χ0v) is 17.8. The van der Waals surface area contributed by atoms with Crippen LogP contribution in [0, 0.1) is 5.82 Å². The zero-order chi connectivity index (χ0) is 21.3. The van der Waals surface area contributed by atoms with Crippen molar-refractivity contribution in [3.8, 4) is 17.2 Å². The van der Waals surface area contributed by atoms with Gasteiger partial charge in [0.15, 0.2) is 29.0 Å². The number of methoxy groups -OCH3 is 2. The SMILES string of the molecule is CN=C(NCc1ccc(OC)c(F)c1)NCc1cccc(OC)c1OC1CCCC1. The van der Waals surface area contributed by atoms with Crippen molar-refractivity contribution in [2.45, 2.75) is 44.9 Å². The third-order valence-electron chi connectivity index (χ3n) is 5.21. The summed E-state index contributed by atoms with van der Waals surface area (Å²) in [5.74, 6) is 1.98. The summed E-state index contributed by atoms with van der Waals surface area (Å²) in [6.45, 7) is 0.958. The number of nitrogens with one attached hydrogen (secondary N) is 2. The van der Waals surface area contributed by atoms with Crippen LogP contribution in [0.15, 0.2) is 41.4 Å². The molecule has 1 aliphatic rings. The van der Waals surface area contributed by atoms with Gasteiger partial charge in [-0.15, -0.1) is 0 Å². The Balaban J connectivity index is 1.62. The van der Waals surface area contributed by atoms with Gasteiger partial charge < -0.3 is 24.8 Å². The standard InChI is InChI=1S/C23H30FN3O3/c1-25-23(26-14-16-11-12-20(28-2)19(24)13-16)27-15-17-7-6-10-21(29-3)22(17)30-18-8-4-5-9-18/h6-7,10-13,18H,4-5,8-9,14-15H2,1-3H3,(H2,25,26,27). The van der Waals surface area contributed by atoms with Crippen LogP contribution in [0.5, 0.6) is 17.2 Å². The average molecular weight is 416 g/mol. The topological polar surface area (TPSA) is 64.1 Å². The van der Waals surface area contributed by atoms with Crippen molar-refractivity contribution in [1.82, 2.24) is 10.6 Å². The van der Waals surface area contributed by atoms with Crippen LogP contribution in [0.4, 0.5) is 4.39 Å². The zero-order valence-electron chi connectivity index (χ0n) is 17.8. The van der Waals surface area contributed by atoms with Gasteiger partial charge in [-0.05, 0) is 49.4 Å². The molecule has 2 aromatic rings. The van der Waals surface area contributed by atoms with Crippen LogP contribution in [-0.4, -0.2) is 33.3 Å². The number of para-hydroxylation sites is 1. The Hall–Kier alpha value is -2.96. The van der Waals surface area contributed by atoms with Crippen LogP contribution in [0.1, 0.15) is 36.8 Å². The number of aliphatic imine (C=N–C) groups is 1. The van der Waals surface area contributed by atoms with E-state index >= 15 is 0 Å². The molecular formula is C23H30FN3O3. The molecule has 2 N–H and O–H groups in total. The van der Waals surface area contributed by atoms with E-state index in [1.54, 1.807) is 20.2 Å².